The Morgan fingerprint density at radius 1 is 0.943 bits per heavy atom. The summed E-state index contributed by atoms with van der Waals surface area (Å²) in [6.45, 7) is 4.23. The van der Waals surface area contributed by atoms with Gasteiger partial charge in [-0.1, -0.05) is 85.5 Å². The van der Waals surface area contributed by atoms with E-state index in [2.05, 4.69) is 90.8 Å². The number of aliphatic imine (C=N–C) groups is 1. The maximum absolute atomic E-state index is 5.93. The predicted octanol–water partition coefficient (Wildman–Crippen LogP) is 7.98. The summed E-state index contributed by atoms with van der Waals surface area (Å²) in [5.74, 6) is 1.84. The van der Waals surface area contributed by atoms with E-state index in [-0.39, 0.29) is 0 Å². The fourth-order valence-electron chi connectivity index (χ4n) is 5.46. The normalized spacial score (nSPS) is 20.4. The van der Waals surface area contributed by atoms with Crippen molar-refractivity contribution in [3.8, 4) is 5.75 Å². The molecule has 172 valence electrons. The highest BCUT2D eigenvalue weighted by Gasteiger charge is 2.37. The Balaban J connectivity index is 1.28. The van der Waals surface area contributed by atoms with Crippen LogP contribution in [0, 0.1) is 5.92 Å². The van der Waals surface area contributed by atoms with Gasteiger partial charge < -0.3 is 10.1 Å². The van der Waals surface area contributed by atoms with Gasteiger partial charge in [0.1, 0.15) is 12.4 Å². The lowest BCUT2D eigenvalue weighted by Crippen LogP contribution is -2.28. The molecule has 4 aromatic rings. The summed E-state index contributed by atoms with van der Waals surface area (Å²) in [6, 6.07) is 30.1. The van der Waals surface area contributed by atoms with Gasteiger partial charge in [-0.2, -0.15) is 0 Å². The van der Waals surface area contributed by atoms with Gasteiger partial charge >= 0.3 is 0 Å². The molecule has 0 amide bonds. The molecule has 0 radical (unpaired) electrons. The average molecular weight is 457 g/mol. The predicted molar refractivity (Wildman–Crippen MR) is 146 cm³/mol. The first-order valence-electron chi connectivity index (χ1n) is 12.2. The Morgan fingerprint density at radius 3 is 2.66 bits per heavy atom. The van der Waals surface area contributed by atoms with Gasteiger partial charge in [0, 0.05) is 23.4 Å². The van der Waals surface area contributed by atoms with Gasteiger partial charge in [-0.3, -0.25) is 4.99 Å². The van der Waals surface area contributed by atoms with Crippen LogP contribution in [0.5, 0.6) is 5.75 Å². The summed E-state index contributed by atoms with van der Waals surface area (Å²) in [5.41, 5.74) is 5.87. The number of benzene rings is 4. The van der Waals surface area contributed by atoms with Crippen LogP contribution in [0.15, 0.2) is 115 Å². The van der Waals surface area contributed by atoms with E-state index in [1.165, 1.54) is 22.2 Å². The highest BCUT2D eigenvalue weighted by molar-refractivity contribution is 6.03. The number of anilines is 1. The van der Waals surface area contributed by atoms with Gasteiger partial charge in [-0.05, 0) is 58.5 Å². The standard InChI is InChI=1S/C32H28N2O/c1-2-20-35-31-19-16-22-8-3-4-9-25(22)29(31)21-33-24-17-14-23(15-18-24)32-28-12-7-11-26(28)27-10-5-6-13-30(27)34-32/h2-11,13-19,21,26,28,32,34H,1,12,20H2/t26-,28+,32+/m1/s1. The van der Waals surface area contributed by atoms with Gasteiger partial charge in [0.2, 0.25) is 0 Å². The van der Waals surface area contributed by atoms with Crippen molar-refractivity contribution in [1.29, 1.82) is 0 Å². The molecule has 35 heavy (non-hydrogen) atoms. The second-order valence-electron chi connectivity index (χ2n) is 9.21. The monoisotopic (exact) mass is 456 g/mol. The topological polar surface area (TPSA) is 33.6 Å². The molecule has 1 heterocycles. The first-order valence-corrected chi connectivity index (χ1v) is 12.2. The van der Waals surface area contributed by atoms with Crippen molar-refractivity contribution in [2.24, 2.45) is 10.9 Å². The highest BCUT2D eigenvalue weighted by Crippen LogP contribution is 2.49. The summed E-state index contributed by atoms with van der Waals surface area (Å²) in [6.07, 6.45) is 9.50. The van der Waals surface area contributed by atoms with E-state index in [0.29, 0.717) is 24.5 Å². The number of nitrogens with one attached hydrogen (secondary N) is 1. The van der Waals surface area contributed by atoms with E-state index in [4.69, 9.17) is 9.73 Å². The molecule has 0 bridgehead atoms. The molecule has 3 atom stereocenters. The van der Waals surface area contributed by atoms with E-state index < -0.39 is 0 Å². The molecule has 0 unspecified atom stereocenters. The van der Waals surface area contributed by atoms with Gasteiger partial charge in [-0.25, -0.2) is 0 Å². The van der Waals surface area contributed by atoms with Crippen LogP contribution in [0.1, 0.15) is 35.1 Å². The van der Waals surface area contributed by atoms with Crippen molar-refractivity contribution in [2.45, 2.75) is 18.4 Å². The molecule has 3 heteroatoms. The zero-order chi connectivity index (χ0) is 23.6. The third kappa shape index (κ3) is 4.04. The molecule has 1 aliphatic carbocycles. The number of fused-ring (bicyclic) bond motifs is 4. The summed E-state index contributed by atoms with van der Waals surface area (Å²) in [7, 11) is 0. The minimum Gasteiger partial charge on any atom is -0.489 e. The fraction of sp³-hybridized carbons (Fsp3) is 0.156. The molecule has 6 rings (SSSR count). The molecule has 0 saturated carbocycles. The van der Waals surface area contributed by atoms with Gasteiger partial charge in [-0.15, -0.1) is 0 Å². The molecule has 1 aliphatic heterocycles. The lowest BCUT2D eigenvalue weighted by atomic mass is 9.77. The van der Waals surface area contributed by atoms with Crippen LogP contribution >= 0.6 is 0 Å². The smallest absolute Gasteiger partial charge is 0.129 e. The van der Waals surface area contributed by atoms with Crippen molar-refractivity contribution < 1.29 is 4.74 Å². The van der Waals surface area contributed by atoms with Crippen LogP contribution in [0.25, 0.3) is 10.8 Å². The SMILES string of the molecule is C=CCOc1ccc2ccccc2c1C=Nc1ccc([C@@H]2Nc3ccccc3[C@H]3C=CC[C@@H]32)cc1. The lowest BCUT2D eigenvalue weighted by molar-refractivity contribution is 0.363. The molecule has 0 aromatic heterocycles. The van der Waals surface area contributed by atoms with Crippen LogP contribution in [0.2, 0.25) is 0 Å². The Labute approximate surface area is 206 Å². The highest BCUT2D eigenvalue weighted by atomic mass is 16.5. The van der Waals surface area contributed by atoms with Gasteiger partial charge in [0.25, 0.3) is 0 Å². The Kier molecular flexibility index (Phi) is 5.67. The van der Waals surface area contributed by atoms with Crippen molar-refractivity contribution in [1.82, 2.24) is 0 Å². The van der Waals surface area contributed by atoms with Crippen LogP contribution < -0.4 is 10.1 Å². The zero-order valence-electron chi connectivity index (χ0n) is 19.6. The molecule has 0 fully saturated rings. The summed E-state index contributed by atoms with van der Waals surface area (Å²) in [4.78, 5) is 4.82. The minimum atomic E-state index is 0.292. The quantitative estimate of drug-likeness (QED) is 0.236. The Morgan fingerprint density at radius 2 is 1.77 bits per heavy atom. The van der Waals surface area contributed by atoms with E-state index in [0.717, 1.165) is 28.8 Å². The molecule has 0 saturated heterocycles. The van der Waals surface area contributed by atoms with Crippen molar-refractivity contribution >= 4 is 28.4 Å². The second-order valence-corrected chi connectivity index (χ2v) is 9.21. The zero-order valence-corrected chi connectivity index (χ0v) is 19.6. The molecule has 3 nitrogen and oxygen atoms in total. The number of para-hydroxylation sites is 1. The third-order valence-corrected chi connectivity index (χ3v) is 7.15. The summed E-state index contributed by atoms with van der Waals surface area (Å²) >= 11 is 0. The molecule has 4 aromatic carbocycles. The third-order valence-electron chi connectivity index (χ3n) is 7.15. The van der Waals surface area contributed by atoms with E-state index in [1.807, 2.05) is 24.4 Å². The number of hydrogen-bond donors (Lipinski definition) is 1. The molecular formula is C32H28N2O. The van der Waals surface area contributed by atoms with Crippen molar-refractivity contribution in [3.05, 3.63) is 126 Å². The maximum Gasteiger partial charge on any atom is 0.129 e. The second kappa shape index (κ2) is 9.27. The summed E-state index contributed by atoms with van der Waals surface area (Å²) < 4.78 is 5.93. The summed E-state index contributed by atoms with van der Waals surface area (Å²) in [5, 5.41) is 6.10. The average Bonchev–Trinajstić information content (AvgIpc) is 3.41. The first kappa shape index (κ1) is 21.4. The largest absolute Gasteiger partial charge is 0.489 e. The van der Waals surface area contributed by atoms with Crippen LogP contribution in [0.4, 0.5) is 11.4 Å². The minimum absolute atomic E-state index is 0.292. The fourth-order valence-corrected chi connectivity index (χ4v) is 5.46. The molecular weight excluding hydrogens is 428 g/mol. The number of nitrogens with zero attached hydrogens (tertiary/aromatic N) is 1. The Bertz CT molecular complexity index is 1430. The van der Waals surface area contributed by atoms with E-state index >= 15 is 0 Å². The van der Waals surface area contributed by atoms with Crippen LogP contribution in [-0.2, 0) is 0 Å². The number of rotatable bonds is 6. The molecule has 0 spiro atoms. The van der Waals surface area contributed by atoms with E-state index in [1.54, 1.807) is 6.08 Å². The van der Waals surface area contributed by atoms with Crippen molar-refractivity contribution in [2.75, 3.05) is 11.9 Å². The number of hydrogen-bond acceptors (Lipinski definition) is 3. The van der Waals surface area contributed by atoms with Crippen molar-refractivity contribution in [3.63, 3.8) is 0 Å². The van der Waals surface area contributed by atoms with Crippen LogP contribution in [0.3, 0.4) is 0 Å². The molecule has 1 N–H and O–H groups in total. The van der Waals surface area contributed by atoms with Crippen LogP contribution in [-0.4, -0.2) is 12.8 Å². The maximum atomic E-state index is 5.93. The number of ether oxygens (including phenoxy) is 1. The first-order chi connectivity index (χ1) is 17.3. The van der Waals surface area contributed by atoms with Gasteiger partial charge in [0.15, 0.2) is 0 Å². The lowest BCUT2D eigenvalue weighted by Gasteiger charge is -2.37. The molecule has 2 aliphatic rings. The van der Waals surface area contributed by atoms with E-state index in [9.17, 15) is 0 Å². The number of allylic oxidation sites excluding steroid dienone is 2. The van der Waals surface area contributed by atoms with Gasteiger partial charge in [0.05, 0.1) is 11.7 Å². The Hall–Kier alpha value is -4.11.